The van der Waals surface area contributed by atoms with Crippen LogP contribution in [0.2, 0.25) is 0 Å². The number of carbonyl (C=O) groups excluding carboxylic acids is 1. The Morgan fingerprint density at radius 1 is 1.29 bits per heavy atom. The Morgan fingerprint density at radius 2 is 1.92 bits per heavy atom. The van der Waals surface area contributed by atoms with Crippen molar-refractivity contribution in [2.24, 2.45) is 5.92 Å². The molecule has 0 spiro atoms. The molecule has 1 saturated heterocycles. The predicted octanol–water partition coefficient (Wildman–Crippen LogP) is 1.81. The van der Waals surface area contributed by atoms with Gasteiger partial charge in [-0.15, -0.1) is 0 Å². The van der Waals surface area contributed by atoms with Crippen LogP contribution in [0.4, 0.5) is 13.2 Å². The molecule has 1 aromatic rings. The van der Waals surface area contributed by atoms with Gasteiger partial charge in [-0.25, -0.2) is 13.1 Å². The summed E-state index contributed by atoms with van der Waals surface area (Å²) in [6.07, 6.45) is -4.22. The summed E-state index contributed by atoms with van der Waals surface area (Å²) in [6, 6.07) is 3.32. The quantitative estimate of drug-likeness (QED) is 0.885. The van der Waals surface area contributed by atoms with E-state index in [9.17, 15) is 26.4 Å². The zero-order valence-electron chi connectivity index (χ0n) is 12.3. The molecule has 1 fully saturated rings. The Bertz CT molecular complexity index is 778. The molecule has 1 heterocycles. The summed E-state index contributed by atoms with van der Waals surface area (Å²) < 4.78 is 69.9. The fraction of sp³-hybridized carbons (Fsp3) is 0.429. The molecule has 0 atom stereocenters. The maximum Gasteiger partial charge on any atom is 0.417 e. The lowest BCUT2D eigenvalue weighted by atomic mass is 10.0. The van der Waals surface area contributed by atoms with Crippen LogP contribution in [-0.4, -0.2) is 27.5 Å². The maximum absolute atomic E-state index is 12.9. The predicted molar refractivity (Wildman–Crippen MR) is 75.0 cm³/mol. The van der Waals surface area contributed by atoms with Crippen molar-refractivity contribution in [2.45, 2.75) is 23.9 Å². The second-order valence-electron chi connectivity index (χ2n) is 5.17. The van der Waals surface area contributed by atoms with Crippen molar-refractivity contribution in [3.8, 4) is 6.07 Å². The molecule has 0 unspecified atom stereocenters. The summed E-state index contributed by atoms with van der Waals surface area (Å²) >= 11 is 0. The second kappa shape index (κ2) is 6.78. The van der Waals surface area contributed by atoms with Gasteiger partial charge in [-0.2, -0.15) is 18.4 Å². The molecule has 1 aromatic carbocycles. The zero-order valence-corrected chi connectivity index (χ0v) is 13.1. The number of alkyl halides is 3. The van der Waals surface area contributed by atoms with Gasteiger partial charge >= 0.3 is 6.18 Å². The summed E-state index contributed by atoms with van der Waals surface area (Å²) in [5.41, 5.74) is -2.07. The number of carbonyl (C=O) groups is 1. The highest BCUT2D eigenvalue weighted by Crippen LogP contribution is 2.33. The molecule has 24 heavy (non-hydrogen) atoms. The van der Waals surface area contributed by atoms with Gasteiger partial charge in [0.1, 0.15) is 0 Å². The fourth-order valence-corrected chi connectivity index (χ4v) is 3.33. The van der Waals surface area contributed by atoms with E-state index in [1.807, 2.05) is 0 Å². The Morgan fingerprint density at radius 3 is 2.46 bits per heavy atom. The van der Waals surface area contributed by atoms with Crippen LogP contribution in [0.3, 0.4) is 0 Å². The molecular formula is C14H13F3N2O4S. The van der Waals surface area contributed by atoms with Gasteiger partial charge in [0.2, 0.25) is 5.91 Å². The molecule has 0 aromatic heterocycles. The lowest BCUT2D eigenvalue weighted by Gasteiger charge is -2.21. The summed E-state index contributed by atoms with van der Waals surface area (Å²) in [7, 11) is -4.47. The molecule has 2 rings (SSSR count). The number of amides is 1. The SMILES string of the molecule is N#Cc1ccc(S(=O)(=O)NC(=O)C2CCOCC2)cc1C(F)(F)F. The van der Waals surface area contributed by atoms with Gasteiger partial charge < -0.3 is 4.74 Å². The summed E-state index contributed by atoms with van der Waals surface area (Å²) in [5.74, 6) is -1.36. The third-order valence-corrected chi connectivity index (χ3v) is 4.90. The molecule has 0 radical (unpaired) electrons. The van der Waals surface area contributed by atoms with Gasteiger partial charge in [-0.3, -0.25) is 4.79 Å². The standard InChI is InChI=1S/C14H13F3N2O4S/c15-14(16,17)12-7-11(2-1-10(12)8-18)24(21,22)19-13(20)9-3-5-23-6-4-9/h1-2,7,9H,3-6H2,(H,19,20). The van der Waals surface area contributed by atoms with Crippen LogP contribution in [0.5, 0.6) is 0 Å². The van der Waals surface area contributed by atoms with Gasteiger partial charge in [0, 0.05) is 19.1 Å². The first kappa shape index (κ1) is 18.2. The van der Waals surface area contributed by atoms with Gasteiger partial charge in [-0.1, -0.05) is 0 Å². The number of ether oxygens (including phenoxy) is 1. The van der Waals surface area contributed by atoms with Crippen LogP contribution >= 0.6 is 0 Å². The van der Waals surface area contributed by atoms with Crippen LogP contribution in [0, 0.1) is 17.2 Å². The topological polar surface area (TPSA) is 96.3 Å². The summed E-state index contributed by atoms with van der Waals surface area (Å²) in [4.78, 5) is 11.2. The van der Waals surface area contributed by atoms with Crippen LogP contribution in [-0.2, 0) is 25.7 Å². The molecule has 0 bridgehead atoms. The minimum atomic E-state index is -4.89. The average Bonchev–Trinajstić information content (AvgIpc) is 2.53. The highest BCUT2D eigenvalue weighted by atomic mass is 32.2. The van der Waals surface area contributed by atoms with Crippen LogP contribution in [0.15, 0.2) is 23.1 Å². The number of hydrogen-bond donors (Lipinski definition) is 1. The number of benzene rings is 1. The molecule has 10 heteroatoms. The third-order valence-electron chi connectivity index (χ3n) is 3.55. The minimum absolute atomic E-state index is 0.313. The summed E-state index contributed by atoms with van der Waals surface area (Å²) in [5, 5.41) is 8.71. The van der Waals surface area contributed by atoms with Crippen LogP contribution in [0.1, 0.15) is 24.0 Å². The average molecular weight is 362 g/mol. The lowest BCUT2D eigenvalue weighted by molar-refractivity contribution is -0.138. The first-order valence-electron chi connectivity index (χ1n) is 6.91. The first-order chi connectivity index (χ1) is 11.1. The van der Waals surface area contributed by atoms with E-state index in [4.69, 9.17) is 10.00 Å². The largest absolute Gasteiger partial charge is 0.417 e. The van der Waals surface area contributed by atoms with E-state index >= 15 is 0 Å². The molecule has 1 amide bonds. The van der Waals surface area contributed by atoms with Crippen molar-refractivity contribution < 1.29 is 31.1 Å². The van der Waals surface area contributed by atoms with Gasteiger partial charge in [0.05, 0.1) is 22.1 Å². The fourth-order valence-electron chi connectivity index (χ4n) is 2.26. The van der Waals surface area contributed by atoms with Gasteiger partial charge in [0.15, 0.2) is 0 Å². The Balaban J connectivity index is 2.29. The number of nitriles is 1. The molecule has 1 aliphatic heterocycles. The van der Waals surface area contributed by atoms with E-state index < -0.39 is 44.0 Å². The molecule has 0 saturated carbocycles. The minimum Gasteiger partial charge on any atom is -0.381 e. The van der Waals surface area contributed by atoms with Gasteiger partial charge in [0.25, 0.3) is 10.0 Å². The van der Waals surface area contributed by atoms with Crippen molar-refractivity contribution in [3.63, 3.8) is 0 Å². The Labute approximate surface area is 136 Å². The highest BCUT2D eigenvalue weighted by molar-refractivity contribution is 7.90. The smallest absolute Gasteiger partial charge is 0.381 e. The monoisotopic (exact) mass is 362 g/mol. The second-order valence-corrected chi connectivity index (χ2v) is 6.86. The van der Waals surface area contributed by atoms with Crippen LogP contribution < -0.4 is 4.72 Å². The van der Waals surface area contributed by atoms with E-state index in [0.717, 1.165) is 12.1 Å². The number of rotatable bonds is 3. The number of halogens is 3. The normalized spacial score (nSPS) is 16.4. The number of nitrogens with one attached hydrogen (secondary N) is 1. The first-order valence-corrected chi connectivity index (χ1v) is 8.39. The zero-order chi connectivity index (χ0) is 18.0. The molecular weight excluding hydrogens is 349 g/mol. The van der Waals surface area contributed by atoms with Crippen molar-refractivity contribution in [1.29, 1.82) is 5.26 Å². The number of sulfonamides is 1. The third kappa shape index (κ3) is 4.04. The Hall–Kier alpha value is -2.12. The Kier molecular flexibility index (Phi) is 5.15. The van der Waals surface area contributed by atoms with Crippen molar-refractivity contribution in [1.82, 2.24) is 4.72 Å². The van der Waals surface area contributed by atoms with E-state index in [1.54, 1.807) is 4.72 Å². The highest BCUT2D eigenvalue weighted by Gasteiger charge is 2.35. The number of hydrogen-bond acceptors (Lipinski definition) is 5. The number of nitrogens with zero attached hydrogens (tertiary/aromatic N) is 1. The molecule has 0 aliphatic carbocycles. The van der Waals surface area contributed by atoms with E-state index in [0.29, 0.717) is 32.1 Å². The van der Waals surface area contributed by atoms with Crippen molar-refractivity contribution >= 4 is 15.9 Å². The van der Waals surface area contributed by atoms with E-state index in [-0.39, 0.29) is 0 Å². The van der Waals surface area contributed by atoms with Gasteiger partial charge in [-0.05, 0) is 31.0 Å². The van der Waals surface area contributed by atoms with E-state index in [2.05, 4.69) is 0 Å². The summed E-state index contributed by atoms with van der Waals surface area (Å²) in [6.45, 7) is 0.625. The van der Waals surface area contributed by atoms with Crippen LogP contribution in [0.25, 0.3) is 0 Å². The molecule has 6 nitrogen and oxygen atoms in total. The lowest BCUT2D eigenvalue weighted by Crippen LogP contribution is -2.38. The maximum atomic E-state index is 12.9. The van der Waals surface area contributed by atoms with Crippen molar-refractivity contribution in [3.05, 3.63) is 29.3 Å². The molecule has 1 aliphatic rings. The van der Waals surface area contributed by atoms with E-state index in [1.165, 1.54) is 6.07 Å². The molecule has 1 N–H and O–H groups in total. The molecule has 130 valence electrons. The van der Waals surface area contributed by atoms with Crippen molar-refractivity contribution in [2.75, 3.05) is 13.2 Å².